The van der Waals surface area contributed by atoms with Crippen molar-refractivity contribution in [1.29, 1.82) is 0 Å². The van der Waals surface area contributed by atoms with Crippen LogP contribution in [0.15, 0.2) is 64.2 Å². The second kappa shape index (κ2) is 10.5. The van der Waals surface area contributed by atoms with Gasteiger partial charge in [-0.05, 0) is 42.0 Å². The van der Waals surface area contributed by atoms with Gasteiger partial charge in [-0.1, -0.05) is 59.3 Å². The molecule has 7 nitrogen and oxygen atoms in total. The van der Waals surface area contributed by atoms with Crippen molar-refractivity contribution in [2.75, 3.05) is 25.1 Å². The van der Waals surface area contributed by atoms with Gasteiger partial charge in [-0.3, -0.25) is 9.69 Å². The lowest BCUT2D eigenvalue weighted by Gasteiger charge is -2.33. The standard InChI is InChI=1S/C25H24ClN3O4S3/c1-33-20-12-11-19(26)23-22(20)27-25(35-23)29(15-17-7-3-2-4-8-17)24(30)18-9-5-13-28(16-18)36(31,32)21-10-6-14-34-21/h2-4,6-8,10-12,14,18H,5,9,13,15-16H2,1H3. The van der Waals surface area contributed by atoms with Crippen LogP contribution >= 0.6 is 34.3 Å². The van der Waals surface area contributed by atoms with E-state index < -0.39 is 15.9 Å². The molecule has 0 spiro atoms. The maximum Gasteiger partial charge on any atom is 0.252 e. The van der Waals surface area contributed by atoms with Crippen molar-refractivity contribution in [3.05, 3.63) is 70.6 Å². The van der Waals surface area contributed by atoms with Gasteiger partial charge >= 0.3 is 0 Å². The number of hydrogen-bond acceptors (Lipinski definition) is 7. The lowest BCUT2D eigenvalue weighted by atomic mass is 9.98. The number of piperidine rings is 1. The Kier molecular flexibility index (Phi) is 7.32. The van der Waals surface area contributed by atoms with E-state index in [2.05, 4.69) is 0 Å². The van der Waals surface area contributed by atoms with Gasteiger partial charge in [0.1, 0.15) is 15.5 Å². The van der Waals surface area contributed by atoms with Crippen LogP contribution in [0.25, 0.3) is 10.2 Å². The predicted octanol–water partition coefficient (Wildman–Crippen LogP) is 5.65. The minimum absolute atomic E-state index is 0.138. The maximum atomic E-state index is 14.0. The van der Waals surface area contributed by atoms with Gasteiger partial charge in [-0.15, -0.1) is 11.3 Å². The van der Waals surface area contributed by atoms with Gasteiger partial charge in [0.15, 0.2) is 5.13 Å². The van der Waals surface area contributed by atoms with Gasteiger partial charge in [-0.25, -0.2) is 13.4 Å². The number of halogens is 1. The fourth-order valence-corrected chi connectivity index (χ4v) is 8.28. The number of benzene rings is 2. The van der Waals surface area contributed by atoms with Gasteiger partial charge in [0.2, 0.25) is 5.91 Å². The molecule has 2 aromatic carbocycles. The summed E-state index contributed by atoms with van der Waals surface area (Å²) >= 11 is 8.97. The van der Waals surface area contributed by atoms with Crippen molar-refractivity contribution in [2.24, 2.45) is 5.92 Å². The number of rotatable bonds is 7. The molecule has 1 aliphatic heterocycles. The Labute approximate surface area is 223 Å². The molecule has 1 saturated heterocycles. The summed E-state index contributed by atoms with van der Waals surface area (Å²) in [4.78, 5) is 20.4. The zero-order valence-corrected chi connectivity index (χ0v) is 22.7. The van der Waals surface area contributed by atoms with E-state index in [-0.39, 0.29) is 12.5 Å². The molecule has 1 fully saturated rings. The van der Waals surface area contributed by atoms with E-state index >= 15 is 0 Å². The van der Waals surface area contributed by atoms with Crippen LogP contribution < -0.4 is 9.64 Å². The summed E-state index contributed by atoms with van der Waals surface area (Å²) in [6.45, 7) is 0.851. The molecule has 3 heterocycles. The number of anilines is 1. The molecular weight excluding hydrogens is 538 g/mol. The third-order valence-electron chi connectivity index (χ3n) is 6.17. The van der Waals surface area contributed by atoms with Crippen LogP contribution in [-0.2, 0) is 21.4 Å². The number of methoxy groups -OCH3 is 1. The predicted molar refractivity (Wildman–Crippen MR) is 145 cm³/mol. The van der Waals surface area contributed by atoms with Gasteiger partial charge < -0.3 is 4.74 Å². The molecule has 0 radical (unpaired) electrons. The molecule has 5 rings (SSSR count). The molecular formula is C25H24ClN3O4S3. The monoisotopic (exact) mass is 561 g/mol. The molecule has 11 heteroatoms. The molecule has 1 aliphatic rings. The van der Waals surface area contributed by atoms with Gasteiger partial charge in [0, 0.05) is 13.1 Å². The lowest BCUT2D eigenvalue weighted by Crippen LogP contribution is -2.46. The van der Waals surface area contributed by atoms with Crippen molar-refractivity contribution >= 4 is 65.6 Å². The van der Waals surface area contributed by atoms with Gasteiger partial charge in [0.25, 0.3) is 10.0 Å². The second-order valence-corrected chi connectivity index (χ2v) is 13.0. The minimum Gasteiger partial charge on any atom is -0.494 e. The fourth-order valence-electron chi connectivity index (χ4n) is 4.35. The Balaban J connectivity index is 1.49. The Morgan fingerprint density at radius 1 is 1.19 bits per heavy atom. The number of aromatic nitrogens is 1. The molecule has 0 bridgehead atoms. The molecule has 0 aliphatic carbocycles. The number of carbonyl (C=O) groups is 1. The SMILES string of the molecule is COc1ccc(Cl)c2sc(N(Cc3ccccc3)C(=O)C3CCCN(S(=O)(=O)c4cccs4)C3)nc12. The van der Waals surface area contributed by atoms with E-state index in [1.165, 1.54) is 27.0 Å². The Morgan fingerprint density at radius 2 is 2.00 bits per heavy atom. The maximum absolute atomic E-state index is 14.0. The Hall–Kier alpha value is -2.50. The number of thiophene rings is 1. The van der Waals surface area contributed by atoms with Gasteiger partial charge in [0.05, 0.1) is 29.3 Å². The van der Waals surface area contributed by atoms with Crippen LogP contribution in [0.4, 0.5) is 5.13 Å². The number of ether oxygens (including phenoxy) is 1. The molecule has 2 aromatic heterocycles. The number of hydrogen-bond donors (Lipinski definition) is 0. The van der Waals surface area contributed by atoms with E-state index in [0.29, 0.717) is 51.6 Å². The van der Waals surface area contributed by atoms with Crippen LogP contribution in [-0.4, -0.2) is 43.8 Å². The Morgan fingerprint density at radius 3 is 2.72 bits per heavy atom. The quantitative estimate of drug-likeness (QED) is 0.291. The normalized spacial score (nSPS) is 16.8. The van der Waals surface area contributed by atoms with Crippen LogP contribution in [0, 0.1) is 5.92 Å². The summed E-state index contributed by atoms with van der Waals surface area (Å²) in [6, 6.07) is 16.5. The van der Waals surface area contributed by atoms with Gasteiger partial charge in [-0.2, -0.15) is 4.31 Å². The van der Waals surface area contributed by atoms with Crippen LogP contribution in [0.2, 0.25) is 5.02 Å². The first-order valence-electron chi connectivity index (χ1n) is 11.4. The van der Waals surface area contributed by atoms with Crippen LogP contribution in [0.3, 0.4) is 0 Å². The zero-order chi connectivity index (χ0) is 25.3. The van der Waals surface area contributed by atoms with E-state index in [4.69, 9.17) is 21.3 Å². The number of nitrogens with zero attached hydrogens (tertiary/aromatic N) is 3. The fraction of sp³-hybridized carbons (Fsp3) is 0.280. The molecule has 1 atom stereocenters. The molecule has 1 unspecified atom stereocenters. The number of carbonyl (C=O) groups excluding carboxylic acids is 1. The highest BCUT2D eigenvalue weighted by Crippen LogP contribution is 2.40. The van der Waals surface area contributed by atoms with E-state index in [1.807, 2.05) is 30.3 Å². The first-order valence-corrected chi connectivity index (χ1v) is 14.9. The summed E-state index contributed by atoms with van der Waals surface area (Å²) in [5.74, 6) is -0.0597. The van der Waals surface area contributed by atoms with Crippen molar-refractivity contribution in [1.82, 2.24) is 9.29 Å². The third kappa shape index (κ3) is 4.88. The Bertz CT molecular complexity index is 1470. The first kappa shape index (κ1) is 25.2. The van der Waals surface area contributed by atoms with Crippen molar-refractivity contribution in [3.63, 3.8) is 0 Å². The highest BCUT2D eigenvalue weighted by atomic mass is 35.5. The highest BCUT2D eigenvalue weighted by molar-refractivity contribution is 7.91. The molecule has 1 amide bonds. The summed E-state index contributed by atoms with van der Waals surface area (Å²) in [7, 11) is -2.07. The molecule has 188 valence electrons. The zero-order valence-electron chi connectivity index (χ0n) is 19.5. The van der Waals surface area contributed by atoms with Crippen molar-refractivity contribution in [2.45, 2.75) is 23.6 Å². The van der Waals surface area contributed by atoms with Crippen molar-refractivity contribution < 1.29 is 17.9 Å². The highest BCUT2D eigenvalue weighted by Gasteiger charge is 2.36. The smallest absolute Gasteiger partial charge is 0.252 e. The summed E-state index contributed by atoms with van der Waals surface area (Å²) in [6.07, 6.45) is 1.22. The summed E-state index contributed by atoms with van der Waals surface area (Å²) in [5.41, 5.74) is 1.54. The van der Waals surface area contributed by atoms with Crippen LogP contribution in [0.1, 0.15) is 18.4 Å². The third-order valence-corrected chi connectivity index (χ3v) is 10.9. The molecule has 36 heavy (non-hydrogen) atoms. The number of amides is 1. The summed E-state index contributed by atoms with van der Waals surface area (Å²) < 4.78 is 34.2. The summed E-state index contributed by atoms with van der Waals surface area (Å²) in [5, 5.41) is 2.78. The largest absolute Gasteiger partial charge is 0.494 e. The molecule has 4 aromatic rings. The number of fused-ring (bicyclic) bond motifs is 1. The lowest BCUT2D eigenvalue weighted by molar-refractivity contribution is -0.123. The number of sulfonamides is 1. The van der Waals surface area contributed by atoms with Crippen LogP contribution in [0.5, 0.6) is 5.75 Å². The average molecular weight is 562 g/mol. The second-order valence-electron chi connectivity index (χ2n) is 8.47. The average Bonchev–Trinajstić information content (AvgIpc) is 3.60. The molecule has 0 N–H and O–H groups in total. The van der Waals surface area contributed by atoms with E-state index in [0.717, 1.165) is 10.3 Å². The van der Waals surface area contributed by atoms with E-state index in [9.17, 15) is 13.2 Å². The number of thiazole rings is 1. The van der Waals surface area contributed by atoms with Crippen molar-refractivity contribution in [3.8, 4) is 5.75 Å². The minimum atomic E-state index is -3.64. The first-order chi connectivity index (χ1) is 17.4. The topological polar surface area (TPSA) is 79.8 Å². The van der Waals surface area contributed by atoms with E-state index in [1.54, 1.807) is 41.7 Å². The molecule has 0 saturated carbocycles.